The zero-order chi connectivity index (χ0) is 23.5. The van der Waals surface area contributed by atoms with Crippen LogP contribution in [0.4, 0.5) is 23.2 Å². The van der Waals surface area contributed by atoms with E-state index in [2.05, 4.69) is 10.3 Å². The Labute approximate surface area is 185 Å². The van der Waals surface area contributed by atoms with Gasteiger partial charge in [-0.25, -0.2) is 9.37 Å². The van der Waals surface area contributed by atoms with Gasteiger partial charge in [0.05, 0.1) is 17.0 Å². The number of nitrogens with one attached hydrogen (secondary N) is 1. The lowest BCUT2D eigenvalue weighted by molar-refractivity contribution is -0.137. The van der Waals surface area contributed by atoms with Crippen LogP contribution in [0.25, 0.3) is 11.0 Å². The van der Waals surface area contributed by atoms with Crippen LogP contribution in [0.1, 0.15) is 29.2 Å². The average Bonchev–Trinajstić information content (AvgIpc) is 3.25. The maximum absolute atomic E-state index is 14.5. The molecule has 2 aromatic heterocycles. The summed E-state index contributed by atoms with van der Waals surface area (Å²) < 4.78 is 62.1. The first kappa shape index (κ1) is 21.9. The lowest BCUT2D eigenvalue weighted by Crippen LogP contribution is -2.35. The molecule has 176 valence electrons. The van der Waals surface area contributed by atoms with E-state index in [4.69, 9.17) is 10.5 Å². The summed E-state index contributed by atoms with van der Waals surface area (Å²) >= 11 is 0. The van der Waals surface area contributed by atoms with Gasteiger partial charge < -0.3 is 30.6 Å². The summed E-state index contributed by atoms with van der Waals surface area (Å²) in [6, 6.07) is 2.68. The number of benzene rings is 1. The molecule has 2 unspecified atom stereocenters. The van der Waals surface area contributed by atoms with E-state index >= 15 is 0 Å². The van der Waals surface area contributed by atoms with Crippen molar-refractivity contribution in [2.75, 3.05) is 12.3 Å². The maximum atomic E-state index is 14.5. The number of rotatable bonds is 3. The fraction of sp³-hybridized carbons (Fsp3) is 0.409. The molecule has 4 atom stereocenters. The molecule has 3 heterocycles. The Morgan fingerprint density at radius 1 is 1.21 bits per heavy atom. The largest absolute Gasteiger partial charge is 0.487 e. The molecule has 0 bridgehead atoms. The van der Waals surface area contributed by atoms with E-state index in [0.29, 0.717) is 30.6 Å². The molecule has 1 fully saturated rings. The first-order valence-corrected chi connectivity index (χ1v) is 10.5. The van der Waals surface area contributed by atoms with Crippen molar-refractivity contribution in [1.29, 1.82) is 0 Å². The number of halogens is 4. The zero-order valence-corrected chi connectivity index (χ0v) is 17.3. The van der Waals surface area contributed by atoms with Crippen LogP contribution < -0.4 is 15.8 Å². The van der Waals surface area contributed by atoms with Gasteiger partial charge in [0.1, 0.15) is 29.7 Å². The van der Waals surface area contributed by atoms with Crippen LogP contribution in [0.5, 0.6) is 5.75 Å². The SMILES string of the molecule is Nc1ccnc2c1c(F)cn2C1CC(Oc2cc(C(F)(F)F)cc3c2CNCC3)[C@@H](O)[C@H]1O. The summed E-state index contributed by atoms with van der Waals surface area (Å²) in [6.45, 7) is 0.872. The van der Waals surface area contributed by atoms with Gasteiger partial charge in [0.15, 0.2) is 5.82 Å². The molecule has 11 heteroatoms. The van der Waals surface area contributed by atoms with Crippen molar-refractivity contribution in [3.05, 3.63) is 53.1 Å². The summed E-state index contributed by atoms with van der Waals surface area (Å²) in [5, 5.41) is 24.6. The third-order valence-electron chi connectivity index (χ3n) is 6.44. The second-order valence-corrected chi connectivity index (χ2v) is 8.46. The normalized spacial score (nSPS) is 25.4. The Balaban J connectivity index is 1.49. The lowest BCUT2D eigenvalue weighted by atomic mass is 9.97. The number of aromatic nitrogens is 2. The van der Waals surface area contributed by atoms with Gasteiger partial charge >= 0.3 is 6.18 Å². The second-order valence-electron chi connectivity index (χ2n) is 8.46. The van der Waals surface area contributed by atoms with Crippen LogP contribution >= 0.6 is 0 Å². The molecule has 5 rings (SSSR count). The Morgan fingerprint density at radius 2 is 2.00 bits per heavy atom. The van der Waals surface area contributed by atoms with E-state index < -0.39 is 41.9 Å². The number of nitrogen functional groups attached to an aromatic ring is 1. The molecule has 7 nitrogen and oxygen atoms in total. The summed E-state index contributed by atoms with van der Waals surface area (Å²) in [5.41, 5.74) is 6.51. The van der Waals surface area contributed by atoms with E-state index in [0.717, 1.165) is 18.3 Å². The predicted octanol–water partition coefficient (Wildman–Crippen LogP) is 2.54. The van der Waals surface area contributed by atoms with Gasteiger partial charge in [0.2, 0.25) is 0 Å². The van der Waals surface area contributed by atoms with Gasteiger partial charge in [0, 0.05) is 36.6 Å². The van der Waals surface area contributed by atoms with Crippen molar-refractivity contribution in [3.8, 4) is 5.75 Å². The number of fused-ring (bicyclic) bond motifs is 2. The van der Waals surface area contributed by atoms with Gasteiger partial charge in [0.25, 0.3) is 0 Å². The van der Waals surface area contributed by atoms with Crippen molar-refractivity contribution in [2.24, 2.45) is 0 Å². The molecule has 1 aliphatic carbocycles. The van der Waals surface area contributed by atoms with Crippen molar-refractivity contribution in [2.45, 2.75) is 49.9 Å². The van der Waals surface area contributed by atoms with Gasteiger partial charge in [-0.2, -0.15) is 13.2 Å². The third-order valence-corrected chi connectivity index (χ3v) is 6.44. The number of alkyl halides is 3. The average molecular weight is 466 g/mol. The van der Waals surface area contributed by atoms with Crippen molar-refractivity contribution in [1.82, 2.24) is 14.9 Å². The zero-order valence-electron chi connectivity index (χ0n) is 17.3. The highest BCUT2D eigenvalue weighted by molar-refractivity contribution is 5.89. The van der Waals surface area contributed by atoms with E-state index in [1.807, 2.05) is 0 Å². The molecule has 33 heavy (non-hydrogen) atoms. The van der Waals surface area contributed by atoms with E-state index in [1.54, 1.807) is 0 Å². The second kappa shape index (κ2) is 7.86. The van der Waals surface area contributed by atoms with Crippen LogP contribution in [0.2, 0.25) is 0 Å². The topological polar surface area (TPSA) is 106 Å². The molecule has 2 aliphatic rings. The number of nitrogens with two attached hydrogens (primary N) is 1. The molecule has 0 spiro atoms. The summed E-state index contributed by atoms with van der Waals surface area (Å²) in [5.74, 6) is -0.616. The molecule has 1 aliphatic heterocycles. The standard InChI is InChI=1S/C22H22F4N4O3/c23-13-9-30(21-18(13)14(27)2-4-29-21)15-7-17(20(32)19(15)31)33-16-6-11(22(24,25)26)5-10-1-3-28-8-12(10)16/h2,4-6,9,15,17,19-20,28,31-32H,1,3,7-8H2,(H2,27,29)/t15?,17?,19-,20+/m0/s1. The van der Waals surface area contributed by atoms with Crippen molar-refractivity contribution in [3.63, 3.8) is 0 Å². The molecule has 1 saturated carbocycles. The van der Waals surface area contributed by atoms with Crippen LogP contribution in [-0.4, -0.2) is 44.6 Å². The smallest absolute Gasteiger partial charge is 0.416 e. The Hall–Kier alpha value is -2.89. The monoisotopic (exact) mass is 466 g/mol. The lowest BCUT2D eigenvalue weighted by Gasteiger charge is -2.25. The van der Waals surface area contributed by atoms with Gasteiger partial charge in [-0.1, -0.05) is 0 Å². The highest BCUT2D eigenvalue weighted by Gasteiger charge is 2.45. The molecule has 0 radical (unpaired) electrons. The number of hydrogen-bond donors (Lipinski definition) is 4. The molecule has 0 amide bonds. The number of aliphatic hydroxyl groups excluding tert-OH is 2. The van der Waals surface area contributed by atoms with Crippen LogP contribution in [-0.2, 0) is 19.1 Å². The fourth-order valence-electron chi connectivity index (χ4n) is 4.76. The Kier molecular flexibility index (Phi) is 5.22. The van der Waals surface area contributed by atoms with Crippen molar-refractivity contribution >= 4 is 16.7 Å². The van der Waals surface area contributed by atoms with E-state index in [-0.39, 0.29) is 28.9 Å². The summed E-state index contributed by atoms with van der Waals surface area (Å²) in [4.78, 5) is 4.15. The van der Waals surface area contributed by atoms with E-state index in [1.165, 1.54) is 16.8 Å². The number of nitrogens with zero attached hydrogens (tertiary/aromatic N) is 2. The minimum atomic E-state index is -4.55. The number of anilines is 1. The molecule has 3 aromatic rings. The third kappa shape index (κ3) is 3.69. The Morgan fingerprint density at radius 3 is 2.76 bits per heavy atom. The van der Waals surface area contributed by atoms with Crippen LogP contribution in [0, 0.1) is 5.82 Å². The highest BCUT2D eigenvalue weighted by atomic mass is 19.4. The minimum Gasteiger partial charge on any atom is -0.487 e. The maximum Gasteiger partial charge on any atom is 0.416 e. The molecule has 1 aromatic carbocycles. The van der Waals surface area contributed by atoms with Gasteiger partial charge in [-0.05, 0) is 36.7 Å². The first-order chi connectivity index (χ1) is 15.6. The first-order valence-electron chi connectivity index (χ1n) is 10.5. The Bertz CT molecular complexity index is 1210. The highest BCUT2D eigenvalue weighted by Crippen LogP contribution is 2.40. The molecule has 5 N–H and O–H groups in total. The molecular weight excluding hydrogens is 444 g/mol. The van der Waals surface area contributed by atoms with E-state index in [9.17, 15) is 27.8 Å². The number of aliphatic hydroxyl groups is 2. The number of ether oxygens (including phenoxy) is 1. The summed E-state index contributed by atoms with van der Waals surface area (Å²) in [6.07, 6.45) is -5.33. The quantitative estimate of drug-likeness (QED) is 0.442. The summed E-state index contributed by atoms with van der Waals surface area (Å²) in [7, 11) is 0. The number of hydrogen-bond acceptors (Lipinski definition) is 6. The molecular formula is C22H22F4N4O3. The van der Waals surface area contributed by atoms with Crippen LogP contribution in [0.3, 0.4) is 0 Å². The number of pyridine rings is 1. The van der Waals surface area contributed by atoms with Gasteiger partial charge in [-0.3, -0.25) is 0 Å². The molecule has 0 saturated heterocycles. The van der Waals surface area contributed by atoms with Crippen molar-refractivity contribution < 1.29 is 32.5 Å². The fourth-order valence-corrected chi connectivity index (χ4v) is 4.76. The predicted molar refractivity (Wildman–Crippen MR) is 111 cm³/mol. The minimum absolute atomic E-state index is 0.00911. The van der Waals surface area contributed by atoms with Crippen LogP contribution in [0.15, 0.2) is 30.6 Å². The van der Waals surface area contributed by atoms with Gasteiger partial charge in [-0.15, -0.1) is 0 Å².